The topological polar surface area (TPSA) is 74.3 Å². The second-order valence-corrected chi connectivity index (χ2v) is 7.12. The second-order valence-electron chi connectivity index (χ2n) is 7.12. The molecule has 1 aromatic heterocycles. The van der Waals surface area contributed by atoms with Crippen molar-refractivity contribution >= 4 is 11.9 Å². The van der Waals surface area contributed by atoms with Crippen molar-refractivity contribution in [1.29, 1.82) is 0 Å². The van der Waals surface area contributed by atoms with Crippen molar-refractivity contribution < 1.29 is 9.59 Å². The molecule has 2 fully saturated rings. The molecule has 1 saturated carbocycles. The van der Waals surface area contributed by atoms with Crippen LogP contribution in [0.4, 0.5) is 4.79 Å². The number of nitrogens with one attached hydrogen (secondary N) is 2. The van der Waals surface area contributed by atoms with Gasteiger partial charge in [0.25, 0.3) is 0 Å². The number of urea groups is 1. The zero-order chi connectivity index (χ0) is 17.5. The molecule has 1 aliphatic heterocycles. The minimum absolute atomic E-state index is 0.000526. The molecular weight excluding hydrogens is 316 g/mol. The van der Waals surface area contributed by atoms with Gasteiger partial charge in [0.1, 0.15) is 0 Å². The summed E-state index contributed by atoms with van der Waals surface area (Å²) in [6.07, 6.45) is 10.8. The van der Waals surface area contributed by atoms with Gasteiger partial charge in [0.15, 0.2) is 0 Å². The smallest absolute Gasteiger partial charge is 0.317 e. The second kappa shape index (κ2) is 8.83. The first-order valence-corrected chi connectivity index (χ1v) is 9.44. The Morgan fingerprint density at radius 3 is 2.40 bits per heavy atom. The normalized spacial score (nSPS) is 19.4. The van der Waals surface area contributed by atoms with E-state index < -0.39 is 0 Å². The molecule has 1 aliphatic carbocycles. The van der Waals surface area contributed by atoms with Crippen molar-refractivity contribution in [3.63, 3.8) is 0 Å². The van der Waals surface area contributed by atoms with Crippen LogP contribution in [-0.2, 0) is 11.3 Å². The van der Waals surface area contributed by atoms with Crippen LogP contribution in [-0.4, -0.2) is 41.0 Å². The first-order chi connectivity index (χ1) is 12.2. The maximum Gasteiger partial charge on any atom is 0.317 e. The van der Waals surface area contributed by atoms with Crippen LogP contribution in [0.15, 0.2) is 24.5 Å². The summed E-state index contributed by atoms with van der Waals surface area (Å²) in [7, 11) is 0. The molecule has 2 N–H and O–H groups in total. The van der Waals surface area contributed by atoms with E-state index in [1.807, 2.05) is 17.0 Å². The molecule has 0 bridgehead atoms. The van der Waals surface area contributed by atoms with E-state index in [9.17, 15) is 9.59 Å². The number of carbonyl (C=O) groups is 2. The number of carbonyl (C=O) groups excluding carboxylic acids is 2. The molecule has 2 heterocycles. The summed E-state index contributed by atoms with van der Waals surface area (Å²) in [5.41, 5.74) is 1.05. The molecule has 1 saturated heterocycles. The molecule has 0 radical (unpaired) electrons. The fourth-order valence-electron chi connectivity index (χ4n) is 3.69. The number of amides is 3. The molecule has 2 aliphatic rings. The monoisotopic (exact) mass is 344 g/mol. The first kappa shape index (κ1) is 17.7. The van der Waals surface area contributed by atoms with Crippen molar-refractivity contribution in [2.24, 2.45) is 5.92 Å². The average molecular weight is 344 g/mol. The molecule has 3 rings (SSSR count). The SMILES string of the molecule is O=C(NCc1ccncc1)C1CCN(C(=O)NC2CCCCC2)CC1. The highest BCUT2D eigenvalue weighted by molar-refractivity contribution is 5.79. The zero-order valence-corrected chi connectivity index (χ0v) is 14.7. The lowest BCUT2D eigenvalue weighted by molar-refractivity contribution is -0.126. The molecule has 0 atom stereocenters. The molecule has 136 valence electrons. The molecule has 0 unspecified atom stereocenters. The fourth-order valence-corrected chi connectivity index (χ4v) is 3.69. The van der Waals surface area contributed by atoms with Gasteiger partial charge in [-0.1, -0.05) is 19.3 Å². The molecule has 0 spiro atoms. The Labute approximate surface area is 149 Å². The standard InChI is InChI=1S/C19H28N4O2/c24-18(21-14-15-6-10-20-11-7-15)16-8-12-23(13-9-16)19(25)22-17-4-2-1-3-5-17/h6-7,10-11,16-17H,1-5,8-9,12-14H2,(H,21,24)(H,22,25). The summed E-state index contributed by atoms with van der Waals surface area (Å²) in [5, 5.41) is 6.15. The van der Waals surface area contributed by atoms with Gasteiger partial charge in [-0.3, -0.25) is 9.78 Å². The Hall–Kier alpha value is -2.11. The van der Waals surface area contributed by atoms with Crippen LogP contribution in [0.5, 0.6) is 0 Å². The summed E-state index contributed by atoms with van der Waals surface area (Å²) in [4.78, 5) is 30.5. The zero-order valence-electron chi connectivity index (χ0n) is 14.7. The lowest BCUT2D eigenvalue weighted by Gasteiger charge is -2.33. The largest absolute Gasteiger partial charge is 0.352 e. The number of aromatic nitrogens is 1. The van der Waals surface area contributed by atoms with Crippen molar-refractivity contribution in [2.45, 2.75) is 57.5 Å². The summed E-state index contributed by atoms with van der Waals surface area (Å²) in [6, 6.07) is 4.18. The van der Waals surface area contributed by atoms with E-state index in [-0.39, 0.29) is 17.9 Å². The number of hydrogen-bond donors (Lipinski definition) is 2. The quantitative estimate of drug-likeness (QED) is 0.881. The highest BCUT2D eigenvalue weighted by Crippen LogP contribution is 2.20. The number of pyridine rings is 1. The molecule has 1 aromatic rings. The predicted molar refractivity (Wildman–Crippen MR) is 95.8 cm³/mol. The Balaban J connectivity index is 1.38. The van der Waals surface area contributed by atoms with Crippen molar-refractivity contribution in [1.82, 2.24) is 20.5 Å². The van der Waals surface area contributed by atoms with Gasteiger partial charge in [-0.25, -0.2) is 4.79 Å². The third kappa shape index (κ3) is 5.18. The van der Waals surface area contributed by atoms with Gasteiger partial charge in [-0.2, -0.15) is 0 Å². The van der Waals surface area contributed by atoms with E-state index in [1.165, 1.54) is 19.3 Å². The number of rotatable bonds is 4. The van der Waals surface area contributed by atoms with Crippen molar-refractivity contribution in [3.8, 4) is 0 Å². The molecule has 0 aromatic carbocycles. The van der Waals surface area contributed by atoms with E-state index >= 15 is 0 Å². The van der Waals surface area contributed by atoms with Gasteiger partial charge in [0, 0.05) is 44.0 Å². The fraction of sp³-hybridized carbons (Fsp3) is 0.632. The van der Waals surface area contributed by atoms with Crippen LogP contribution >= 0.6 is 0 Å². The van der Waals surface area contributed by atoms with E-state index in [4.69, 9.17) is 0 Å². The number of piperidine rings is 1. The van der Waals surface area contributed by atoms with Crippen LogP contribution in [0.25, 0.3) is 0 Å². The van der Waals surface area contributed by atoms with Crippen LogP contribution < -0.4 is 10.6 Å². The number of nitrogens with zero attached hydrogens (tertiary/aromatic N) is 2. The summed E-state index contributed by atoms with van der Waals surface area (Å²) in [6.45, 7) is 1.85. The molecule has 3 amide bonds. The van der Waals surface area contributed by atoms with Crippen LogP contribution in [0.1, 0.15) is 50.5 Å². The summed E-state index contributed by atoms with van der Waals surface area (Å²) < 4.78 is 0. The minimum atomic E-state index is 0.000526. The highest BCUT2D eigenvalue weighted by Gasteiger charge is 2.28. The third-order valence-electron chi connectivity index (χ3n) is 5.30. The minimum Gasteiger partial charge on any atom is -0.352 e. The molecule has 25 heavy (non-hydrogen) atoms. The van der Waals surface area contributed by atoms with Crippen molar-refractivity contribution in [3.05, 3.63) is 30.1 Å². The van der Waals surface area contributed by atoms with Gasteiger partial charge in [-0.15, -0.1) is 0 Å². The lowest BCUT2D eigenvalue weighted by atomic mass is 9.95. The first-order valence-electron chi connectivity index (χ1n) is 9.44. The van der Waals surface area contributed by atoms with Crippen LogP contribution in [0.3, 0.4) is 0 Å². The van der Waals surface area contributed by atoms with Crippen LogP contribution in [0, 0.1) is 5.92 Å². The van der Waals surface area contributed by atoms with Crippen molar-refractivity contribution in [2.75, 3.05) is 13.1 Å². The van der Waals surface area contributed by atoms with Crippen LogP contribution in [0.2, 0.25) is 0 Å². The molecular formula is C19H28N4O2. The maximum absolute atomic E-state index is 12.4. The van der Waals surface area contributed by atoms with E-state index in [0.29, 0.717) is 25.7 Å². The summed E-state index contributed by atoms with van der Waals surface area (Å²) in [5.74, 6) is 0.0877. The van der Waals surface area contributed by atoms with Gasteiger partial charge in [0.2, 0.25) is 5.91 Å². The number of hydrogen-bond acceptors (Lipinski definition) is 3. The van der Waals surface area contributed by atoms with E-state index in [0.717, 1.165) is 31.2 Å². The highest BCUT2D eigenvalue weighted by atomic mass is 16.2. The van der Waals surface area contributed by atoms with E-state index in [1.54, 1.807) is 12.4 Å². The Kier molecular flexibility index (Phi) is 6.25. The molecule has 6 nitrogen and oxygen atoms in total. The number of likely N-dealkylation sites (tertiary alicyclic amines) is 1. The average Bonchev–Trinajstić information content (AvgIpc) is 2.68. The van der Waals surface area contributed by atoms with E-state index in [2.05, 4.69) is 15.6 Å². The van der Waals surface area contributed by atoms with Gasteiger partial charge in [0.05, 0.1) is 0 Å². The maximum atomic E-state index is 12.4. The lowest BCUT2D eigenvalue weighted by Crippen LogP contribution is -2.49. The van der Waals surface area contributed by atoms with Gasteiger partial charge in [-0.05, 0) is 43.4 Å². The Bertz CT molecular complexity index is 564. The molecule has 6 heteroatoms. The van der Waals surface area contributed by atoms with Gasteiger partial charge >= 0.3 is 6.03 Å². The third-order valence-corrected chi connectivity index (χ3v) is 5.30. The van der Waals surface area contributed by atoms with Gasteiger partial charge < -0.3 is 15.5 Å². The Morgan fingerprint density at radius 2 is 1.72 bits per heavy atom. The summed E-state index contributed by atoms with van der Waals surface area (Å²) >= 11 is 0. The Morgan fingerprint density at radius 1 is 1.04 bits per heavy atom. The predicted octanol–water partition coefficient (Wildman–Crippen LogP) is 2.45.